The molecule has 0 spiro atoms. The largest absolute Gasteiger partial charge is 0.492 e. The Hall–Kier alpha value is -3.19. The fourth-order valence-corrected chi connectivity index (χ4v) is 4.73. The SMILES string of the molecule is NSc1cc(-c2cc3ccccc3o2)cc2c1OCC2.OCCCc1c[nH]c2ccccc12. The number of furan rings is 1. The van der Waals surface area contributed by atoms with Gasteiger partial charge >= 0.3 is 0 Å². The van der Waals surface area contributed by atoms with Gasteiger partial charge in [0.25, 0.3) is 0 Å². The van der Waals surface area contributed by atoms with Gasteiger partial charge in [0.05, 0.1) is 11.5 Å². The fraction of sp³-hybridized carbons (Fsp3) is 0.185. The molecule has 0 unspecified atom stereocenters. The van der Waals surface area contributed by atoms with Crippen molar-refractivity contribution in [3.05, 3.63) is 84.1 Å². The molecule has 0 atom stereocenters. The number of fused-ring (bicyclic) bond motifs is 3. The molecule has 4 N–H and O–H groups in total. The van der Waals surface area contributed by atoms with Crippen LogP contribution in [0.3, 0.4) is 0 Å². The van der Waals surface area contributed by atoms with Crippen LogP contribution in [0.1, 0.15) is 17.5 Å². The third-order valence-electron chi connectivity index (χ3n) is 5.87. The third kappa shape index (κ3) is 4.50. The van der Waals surface area contributed by atoms with E-state index in [2.05, 4.69) is 35.3 Å². The molecule has 1 aliphatic heterocycles. The minimum absolute atomic E-state index is 0.263. The highest BCUT2D eigenvalue weighted by molar-refractivity contribution is 7.97. The van der Waals surface area contributed by atoms with Crippen LogP contribution in [0.4, 0.5) is 0 Å². The molecule has 0 saturated carbocycles. The lowest BCUT2D eigenvalue weighted by Crippen LogP contribution is -1.89. The highest BCUT2D eigenvalue weighted by atomic mass is 32.2. The number of H-pyrrole nitrogens is 1. The molecule has 6 heteroatoms. The normalized spacial score (nSPS) is 12.4. The number of hydrogen-bond donors (Lipinski definition) is 3. The van der Waals surface area contributed by atoms with E-state index in [1.807, 2.05) is 42.6 Å². The average molecular weight is 459 g/mol. The van der Waals surface area contributed by atoms with Crippen LogP contribution < -0.4 is 9.88 Å². The predicted molar refractivity (Wildman–Crippen MR) is 135 cm³/mol. The second-order valence-electron chi connectivity index (χ2n) is 8.01. The number of aromatic amines is 1. The van der Waals surface area contributed by atoms with E-state index < -0.39 is 0 Å². The number of hydrogen-bond acceptors (Lipinski definition) is 5. The molecular weight excluding hydrogens is 432 g/mol. The van der Waals surface area contributed by atoms with Crippen LogP contribution in [0.15, 0.2) is 82.2 Å². The minimum atomic E-state index is 0.263. The Labute approximate surface area is 196 Å². The summed E-state index contributed by atoms with van der Waals surface area (Å²) in [6.07, 6.45) is 4.74. The summed E-state index contributed by atoms with van der Waals surface area (Å²) in [5, 5.41) is 16.9. The van der Waals surface area contributed by atoms with Crippen molar-refractivity contribution in [1.82, 2.24) is 4.98 Å². The number of aromatic nitrogens is 1. The molecule has 0 aliphatic carbocycles. The number of benzene rings is 3. The monoisotopic (exact) mass is 458 g/mol. The maximum Gasteiger partial charge on any atom is 0.137 e. The Morgan fingerprint density at radius 2 is 1.88 bits per heavy atom. The molecule has 3 heterocycles. The minimum Gasteiger partial charge on any atom is -0.492 e. The van der Waals surface area contributed by atoms with Crippen molar-refractivity contribution in [1.29, 1.82) is 0 Å². The van der Waals surface area contributed by atoms with Crippen molar-refractivity contribution in [3.63, 3.8) is 0 Å². The molecular formula is C27H26N2O3S. The second kappa shape index (κ2) is 9.75. The van der Waals surface area contributed by atoms with E-state index in [9.17, 15) is 0 Å². The van der Waals surface area contributed by atoms with Gasteiger partial charge in [-0.3, -0.25) is 5.14 Å². The highest BCUT2D eigenvalue weighted by Gasteiger charge is 2.19. The van der Waals surface area contributed by atoms with E-state index in [0.29, 0.717) is 0 Å². The Kier molecular flexibility index (Phi) is 6.39. The number of aliphatic hydroxyl groups excluding tert-OH is 1. The van der Waals surface area contributed by atoms with E-state index in [-0.39, 0.29) is 6.61 Å². The number of rotatable bonds is 5. The molecule has 6 rings (SSSR count). The fourth-order valence-electron chi connectivity index (χ4n) is 4.23. The predicted octanol–water partition coefficient (Wildman–Crippen LogP) is 6.09. The van der Waals surface area contributed by atoms with Crippen LogP contribution in [0.5, 0.6) is 5.75 Å². The van der Waals surface area contributed by atoms with Crippen LogP contribution in [0.25, 0.3) is 33.2 Å². The maximum atomic E-state index is 8.73. The zero-order valence-electron chi connectivity index (χ0n) is 18.2. The Morgan fingerprint density at radius 1 is 1.03 bits per heavy atom. The maximum absolute atomic E-state index is 8.73. The molecule has 33 heavy (non-hydrogen) atoms. The molecule has 3 aromatic carbocycles. The molecule has 0 fully saturated rings. The first-order valence-corrected chi connectivity index (χ1v) is 12.0. The number of para-hydroxylation sites is 2. The van der Waals surface area contributed by atoms with Crippen molar-refractivity contribution in [2.75, 3.05) is 13.2 Å². The molecule has 5 nitrogen and oxygen atoms in total. The van der Waals surface area contributed by atoms with Crippen LogP contribution >= 0.6 is 11.9 Å². The Balaban J connectivity index is 0.000000152. The zero-order chi connectivity index (χ0) is 22.6. The van der Waals surface area contributed by atoms with E-state index in [1.54, 1.807) is 0 Å². The summed E-state index contributed by atoms with van der Waals surface area (Å²) in [5.41, 5.74) is 5.63. The van der Waals surface area contributed by atoms with Crippen molar-refractivity contribution in [2.24, 2.45) is 5.14 Å². The van der Waals surface area contributed by atoms with E-state index >= 15 is 0 Å². The molecule has 1 aliphatic rings. The van der Waals surface area contributed by atoms with Gasteiger partial charge in [-0.2, -0.15) is 0 Å². The summed E-state index contributed by atoms with van der Waals surface area (Å²) in [5.74, 6) is 1.80. The molecule has 5 aromatic rings. The summed E-state index contributed by atoms with van der Waals surface area (Å²) >= 11 is 1.22. The average Bonchev–Trinajstić information content (AvgIpc) is 3.60. The van der Waals surface area contributed by atoms with E-state index in [1.165, 1.54) is 34.0 Å². The Bertz CT molecular complexity index is 1360. The quantitative estimate of drug-likeness (QED) is 0.277. The molecule has 0 bridgehead atoms. The van der Waals surface area contributed by atoms with Gasteiger partial charge in [-0.1, -0.05) is 36.4 Å². The lowest BCUT2D eigenvalue weighted by Gasteiger charge is -2.07. The first-order valence-electron chi connectivity index (χ1n) is 11.1. The van der Waals surface area contributed by atoms with Crippen LogP contribution in [-0.2, 0) is 12.8 Å². The standard InChI is InChI=1S/C16H13NO2S.C11H13NO/c17-20-15-9-12(7-11-5-6-18-16(11)15)14-8-10-3-1-2-4-13(10)19-14;13-7-3-4-9-8-12-11-6-2-1-5-10(9)11/h1-4,7-9H,5-6,17H2;1-2,5-6,8,12-13H,3-4,7H2. The number of aliphatic hydroxyl groups is 1. The van der Waals surface area contributed by atoms with Gasteiger partial charge in [-0.25, -0.2) is 0 Å². The first-order chi connectivity index (χ1) is 16.3. The van der Waals surface area contributed by atoms with Gasteiger partial charge in [0.2, 0.25) is 0 Å². The molecule has 168 valence electrons. The number of nitrogens with two attached hydrogens (primary N) is 1. The van der Waals surface area contributed by atoms with Gasteiger partial charge in [0.15, 0.2) is 0 Å². The lowest BCUT2D eigenvalue weighted by molar-refractivity contribution is 0.289. The van der Waals surface area contributed by atoms with Crippen LogP contribution in [0, 0.1) is 0 Å². The molecule has 0 amide bonds. The Morgan fingerprint density at radius 3 is 2.73 bits per heavy atom. The summed E-state index contributed by atoms with van der Waals surface area (Å²) in [7, 11) is 0. The first kappa shape index (κ1) is 21.6. The van der Waals surface area contributed by atoms with Gasteiger partial charge in [0.1, 0.15) is 17.1 Å². The summed E-state index contributed by atoms with van der Waals surface area (Å²) in [6.45, 7) is 0.992. The van der Waals surface area contributed by atoms with Crippen molar-refractivity contribution < 1.29 is 14.3 Å². The highest BCUT2D eigenvalue weighted by Crippen LogP contribution is 2.39. The third-order valence-corrected chi connectivity index (χ3v) is 6.42. The number of aryl methyl sites for hydroxylation is 1. The number of ether oxygens (including phenoxy) is 1. The number of nitrogens with one attached hydrogen (secondary N) is 1. The molecule has 0 saturated heterocycles. The smallest absolute Gasteiger partial charge is 0.137 e. The zero-order valence-corrected chi connectivity index (χ0v) is 19.0. The topological polar surface area (TPSA) is 84.4 Å². The van der Waals surface area contributed by atoms with Crippen LogP contribution in [-0.4, -0.2) is 23.3 Å². The van der Waals surface area contributed by atoms with E-state index in [0.717, 1.165) is 58.8 Å². The van der Waals surface area contributed by atoms with Gasteiger partial charge in [-0.05, 0) is 66.2 Å². The molecule has 2 aromatic heterocycles. The van der Waals surface area contributed by atoms with Gasteiger partial charge in [0, 0.05) is 41.1 Å². The summed E-state index contributed by atoms with van der Waals surface area (Å²) < 4.78 is 11.6. The van der Waals surface area contributed by atoms with Crippen molar-refractivity contribution in [2.45, 2.75) is 24.2 Å². The van der Waals surface area contributed by atoms with Gasteiger partial charge in [-0.15, -0.1) is 0 Å². The van der Waals surface area contributed by atoms with Crippen molar-refractivity contribution in [3.8, 4) is 17.1 Å². The van der Waals surface area contributed by atoms with E-state index in [4.69, 9.17) is 19.4 Å². The molecule has 0 radical (unpaired) electrons. The van der Waals surface area contributed by atoms with Crippen LogP contribution in [0.2, 0.25) is 0 Å². The van der Waals surface area contributed by atoms with Gasteiger partial charge < -0.3 is 19.2 Å². The van der Waals surface area contributed by atoms with Crippen molar-refractivity contribution >= 4 is 33.8 Å². The second-order valence-corrected chi connectivity index (χ2v) is 8.69. The lowest BCUT2D eigenvalue weighted by atomic mass is 10.1. The summed E-state index contributed by atoms with van der Waals surface area (Å²) in [6, 6.07) is 22.5. The summed E-state index contributed by atoms with van der Waals surface area (Å²) in [4.78, 5) is 4.18.